The first-order valence-electron chi connectivity index (χ1n) is 29.7. The van der Waals surface area contributed by atoms with E-state index in [9.17, 15) is 52.7 Å². The zero-order valence-corrected chi connectivity index (χ0v) is 52.3. The molecule has 98 heavy (non-hydrogen) atoms. The molecule has 0 saturated heterocycles. The molecule has 0 fully saturated rings. The highest BCUT2D eigenvalue weighted by Gasteiger charge is 2.54. The van der Waals surface area contributed by atoms with E-state index in [4.69, 9.17) is 0 Å². The molecule has 4 aliphatic heterocycles. The van der Waals surface area contributed by atoms with Gasteiger partial charge in [0, 0.05) is 68.0 Å². The Bertz CT molecular complexity index is 4230. The van der Waals surface area contributed by atoms with Gasteiger partial charge in [-0.05, 0) is 76.2 Å². The molecule has 0 spiro atoms. The van der Waals surface area contributed by atoms with Crippen LogP contribution in [-0.2, 0) is 0 Å². The van der Waals surface area contributed by atoms with Crippen molar-refractivity contribution >= 4 is 138 Å². The molecule has 0 bridgehead atoms. The van der Waals surface area contributed by atoms with Crippen LogP contribution >= 0.6 is 22.7 Å². The molecular formula is C64H40B4F20N8S2. The number of hydrogen-bond donors (Lipinski definition) is 0. The molecule has 8 nitrogen and oxygen atoms in total. The Balaban J connectivity index is 0.000000176. The van der Waals surface area contributed by atoms with Crippen molar-refractivity contribution in [1.29, 1.82) is 0 Å². The number of thiophene rings is 2. The van der Waals surface area contributed by atoms with Crippen LogP contribution in [0.25, 0.3) is 0 Å². The van der Waals surface area contributed by atoms with Gasteiger partial charge in [0.1, 0.15) is 22.7 Å². The van der Waals surface area contributed by atoms with Gasteiger partial charge in [-0.15, -0.1) is 0 Å². The summed E-state index contributed by atoms with van der Waals surface area (Å²) < 4.78 is 300. The zero-order chi connectivity index (χ0) is 70.1. The number of nitrogens with zero attached hydrogens (tertiary/aromatic N) is 8. The van der Waals surface area contributed by atoms with E-state index >= 15 is 35.1 Å². The molecule has 0 atom stereocenters. The van der Waals surface area contributed by atoms with E-state index in [1.807, 2.05) is 76.2 Å². The predicted octanol–water partition coefficient (Wildman–Crippen LogP) is 15.8. The lowest BCUT2D eigenvalue weighted by Crippen LogP contribution is -2.56. The van der Waals surface area contributed by atoms with E-state index in [0.29, 0.717) is 55.0 Å². The fourth-order valence-corrected chi connectivity index (χ4v) is 15.7. The minimum Gasteiger partial charge on any atom is -0.390 e. The van der Waals surface area contributed by atoms with Crippen molar-refractivity contribution in [2.45, 2.75) is 27.7 Å². The third-order valence-electron chi connectivity index (χ3n) is 17.3. The zero-order valence-electron chi connectivity index (χ0n) is 50.6. The number of anilines is 12. The van der Waals surface area contributed by atoms with Crippen LogP contribution in [0.2, 0.25) is 0 Å². The Hall–Kier alpha value is -9.58. The van der Waals surface area contributed by atoms with Crippen LogP contribution in [0.5, 0.6) is 0 Å². The Morgan fingerprint density at radius 3 is 0.541 bits per heavy atom. The molecule has 0 amide bonds. The maximum Gasteiger partial charge on any atom is 0.431 e. The van der Waals surface area contributed by atoms with Crippen molar-refractivity contribution in [3.05, 3.63) is 238 Å². The molecule has 0 N–H and O–H groups in total. The number of para-hydroxylation sites is 8. The minimum atomic E-state index is -2.45. The molecule has 8 aromatic carbocycles. The summed E-state index contributed by atoms with van der Waals surface area (Å²) in [4.78, 5) is 10.7. The SMILES string of the molecule is CCN1B(c2ccc(B3N(c4c(F)c(F)c(F)c(F)c4F)c4ccccc4N3c3c(F)c(F)c(F)c(F)c3F)s2)N(CC)c2ccccc21.CCN1B(c2ccc(B3N(c4c(F)c(F)c(F)c(F)c4F)c4ccccc4N3c3c(F)c(F)c(F)c(F)c3F)s2)N(CC)c2ccccc21. The van der Waals surface area contributed by atoms with E-state index in [1.165, 1.54) is 36.4 Å². The molecule has 14 rings (SSSR count). The third kappa shape index (κ3) is 9.90. The van der Waals surface area contributed by atoms with Gasteiger partial charge >= 0.3 is 27.9 Å². The summed E-state index contributed by atoms with van der Waals surface area (Å²) in [6, 6.07) is 31.1. The first kappa shape index (κ1) is 67.0. The summed E-state index contributed by atoms with van der Waals surface area (Å²) in [5.41, 5.74) is -3.75. The molecule has 500 valence electrons. The summed E-state index contributed by atoms with van der Waals surface area (Å²) in [5.74, 6) is -46.3. The molecule has 0 radical (unpaired) electrons. The first-order chi connectivity index (χ1) is 46.9. The number of rotatable bonds is 12. The van der Waals surface area contributed by atoms with Crippen molar-refractivity contribution in [3.63, 3.8) is 0 Å². The van der Waals surface area contributed by atoms with Gasteiger partial charge in [0.25, 0.3) is 0 Å². The molecule has 2 aromatic heterocycles. The number of halogens is 20. The monoisotopic (exact) mass is 1410 g/mol. The largest absolute Gasteiger partial charge is 0.431 e. The van der Waals surface area contributed by atoms with Crippen molar-refractivity contribution in [2.24, 2.45) is 0 Å². The van der Waals surface area contributed by atoms with E-state index in [-0.39, 0.29) is 32.3 Å². The van der Waals surface area contributed by atoms with Crippen molar-refractivity contribution in [1.82, 2.24) is 0 Å². The summed E-state index contributed by atoms with van der Waals surface area (Å²) in [6.07, 6.45) is 0. The predicted molar refractivity (Wildman–Crippen MR) is 342 cm³/mol. The highest BCUT2D eigenvalue weighted by atomic mass is 32.1. The second kappa shape index (κ2) is 25.4. The average molecular weight is 1410 g/mol. The maximum absolute atomic E-state index is 15.6. The smallest absolute Gasteiger partial charge is 0.390 e. The van der Waals surface area contributed by atoms with Crippen LogP contribution in [0.4, 0.5) is 156 Å². The van der Waals surface area contributed by atoms with Crippen LogP contribution in [-0.4, -0.2) is 54.1 Å². The van der Waals surface area contributed by atoms with E-state index in [1.54, 1.807) is 12.1 Å². The first-order valence-corrected chi connectivity index (χ1v) is 31.4. The van der Waals surface area contributed by atoms with Crippen molar-refractivity contribution in [3.8, 4) is 0 Å². The van der Waals surface area contributed by atoms with Crippen LogP contribution in [0, 0.1) is 116 Å². The van der Waals surface area contributed by atoms with Crippen LogP contribution < -0.4 is 57.6 Å². The Morgan fingerprint density at radius 2 is 0.367 bits per heavy atom. The van der Waals surface area contributed by atoms with Crippen molar-refractivity contribution < 1.29 is 87.8 Å². The second-order valence-electron chi connectivity index (χ2n) is 22.2. The number of fused-ring (bicyclic) bond motifs is 4. The lowest BCUT2D eigenvalue weighted by molar-refractivity contribution is 0.380. The van der Waals surface area contributed by atoms with Gasteiger partial charge in [-0.2, -0.15) is 22.7 Å². The van der Waals surface area contributed by atoms with E-state index < -0.39 is 167 Å². The van der Waals surface area contributed by atoms with Crippen LogP contribution in [0.15, 0.2) is 121 Å². The molecule has 0 saturated carbocycles. The molecule has 6 heterocycles. The minimum absolute atomic E-state index is 0.0159. The third-order valence-corrected chi connectivity index (χ3v) is 19.7. The lowest BCUT2D eigenvalue weighted by Gasteiger charge is -2.30. The Morgan fingerprint density at radius 1 is 0.214 bits per heavy atom. The van der Waals surface area contributed by atoms with Crippen LogP contribution in [0.1, 0.15) is 27.7 Å². The Kier molecular flexibility index (Phi) is 17.3. The van der Waals surface area contributed by atoms with Gasteiger partial charge in [0.2, 0.25) is 23.3 Å². The van der Waals surface area contributed by atoms with Crippen molar-refractivity contribution in [2.75, 3.05) is 64.7 Å². The highest BCUT2D eigenvalue weighted by Crippen LogP contribution is 2.53. The topological polar surface area (TPSA) is 25.9 Å². The quantitative estimate of drug-likeness (QED) is 0.0517. The van der Waals surface area contributed by atoms with Gasteiger partial charge in [0.15, 0.2) is 93.1 Å². The van der Waals surface area contributed by atoms with Gasteiger partial charge in [-0.25, -0.2) is 87.8 Å². The standard InChI is InChI=1S/2C32H20B2F10N4S/c2*1-3-45-15-9-5-6-10-16(15)46(4-2)33(45)19-13-14-20(49-19)34-47(31-27(41)23(37)21(35)24(38)28(31)42)17-11-7-8-12-18(17)48(34)32-29(43)25(39)22(36)26(40)30(32)44/h2*5-14H,3-4H2,1-2H3. The summed E-state index contributed by atoms with van der Waals surface area (Å²) in [6.45, 7) is 5.02. The lowest BCUT2D eigenvalue weighted by atomic mass is 9.69. The number of benzene rings is 8. The normalized spacial score (nSPS) is 14.0. The Labute approximate surface area is 553 Å². The maximum atomic E-state index is 15.6. The van der Waals surface area contributed by atoms with Gasteiger partial charge in [0.05, 0.1) is 22.7 Å². The molecule has 4 aliphatic rings. The molecule has 10 aromatic rings. The van der Waals surface area contributed by atoms with E-state index in [2.05, 4.69) is 19.2 Å². The van der Waals surface area contributed by atoms with Gasteiger partial charge < -0.3 is 38.5 Å². The van der Waals surface area contributed by atoms with Crippen LogP contribution in [0.3, 0.4) is 0 Å². The summed E-state index contributed by atoms with van der Waals surface area (Å²) in [5, 5.41) is 0. The highest BCUT2D eigenvalue weighted by molar-refractivity contribution is 7.34. The molecule has 0 unspecified atom stereocenters. The second-order valence-corrected chi connectivity index (χ2v) is 24.5. The average Bonchev–Trinajstić information content (AvgIpc) is 1.55. The fourth-order valence-electron chi connectivity index (χ4n) is 13.2. The summed E-state index contributed by atoms with van der Waals surface area (Å²) in [7, 11) is 0. The molecule has 0 aliphatic carbocycles. The molecule has 34 heteroatoms. The number of hydrogen-bond acceptors (Lipinski definition) is 10. The fraction of sp³-hybridized carbons (Fsp3) is 0.125. The van der Waals surface area contributed by atoms with E-state index in [0.717, 1.165) is 69.7 Å². The summed E-state index contributed by atoms with van der Waals surface area (Å²) >= 11 is 1.94. The van der Waals surface area contributed by atoms with Gasteiger partial charge in [-0.3, -0.25) is 0 Å². The molecular weight excluding hydrogens is 1370 g/mol. The van der Waals surface area contributed by atoms with Gasteiger partial charge in [-0.1, -0.05) is 72.8 Å².